The summed E-state index contributed by atoms with van der Waals surface area (Å²) in [6.07, 6.45) is 3.37. The summed E-state index contributed by atoms with van der Waals surface area (Å²) in [6, 6.07) is 8.00. The third kappa shape index (κ3) is 4.84. The Hall–Kier alpha value is -1.11. The van der Waals surface area contributed by atoms with Crippen LogP contribution in [0.2, 0.25) is 15.1 Å². The number of aromatic nitrogens is 1. The van der Waals surface area contributed by atoms with Crippen molar-refractivity contribution in [1.29, 1.82) is 0 Å². The van der Waals surface area contributed by atoms with Gasteiger partial charge in [0.2, 0.25) is 0 Å². The topological polar surface area (TPSA) is 46.2 Å². The average Bonchev–Trinajstić information content (AvgIpc) is 2.68. The molecule has 0 aliphatic carbocycles. The summed E-state index contributed by atoms with van der Waals surface area (Å²) in [6.45, 7) is 3.95. The Morgan fingerprint density at radius 1 is 1.19 bits per heavy atom. The summed E-state index contributed by atoms with van der Waals surface area (Å²) in [5.41, 5.74) is 1.92. The van der Waals surface area contributed by atoms with E-state index < -0.39 is 0 Å². The Morgan fingerprint density at radius 3 is 2.52 bits per heavy atom. The van der Waals surface area contributed by atoms with Crippen molar-refractivity contribution < 1.29 is 4.74 Å². The fourth-order valence-corrected chi connectivity index (χ4v) is 3.86. The number of anilines is 1. The van der Waals surface area contributed by atoms with Crippen molar-refractivity contribution in [1.82, 2.24) is 10.3 Å². The Kier molecular flexibility index (Phi) is 6.82. The normalized spacial score (nSPS) is 16.0. The van der Waals surface area contributed by atoms with Crippen molar-refractivity contribution in [3.63, 3.8) is 0 Å². The molecule has 0 saturated carbocycles. The molecule has 2 aromatic rings. The van der Waals surface area contributed by atoms with E-state index in [1.54, 1.807) is 6.20 Å². The largest absolute Gasteiger partial charge is 0.381 e. The van der Waals surface area contributed by atoms with E-state index in [0.29, 0.717) is 40.7 Å². The summed E-state index contributed by atoms with van der Waals surface area (Å²) in [5.74, 6) is 0.489. The third-order valence-corrected chi connectivity index (χ3v) is 6.27. The number of ether oxygens (including phenoxy) is 1. The van der Waals surface area contributed by atoms with Crippen LogP contribution in [0, 0.1) is 6.92 Å². The monoisotopic (exact) mass is 443 g/mol. The third-order valence-electron chi connectivity index (χ3n) is 4.93. The molecule has 3 rings (SSSR count). The van der Waals surface area contributed by atoms with Gasteiger partial charge >= 0.3 is 0 Å². The van der Waals surface area contributed by atoms with E-state index in [4.69, 9.17) is 51.8 Å². The summed E-state index contributed by atoms with van der Waals surface area (Å²) < 4.78 is 5.57. The highest BCUT2D eigenvalue weighted by Crippen LogP contribution is 2.35. The molecule has 1 aliphatic heterocycles. The van der Waals surface area contributed by atoms with Crippen LogP contribution in [-0.4, -0.2) is 29.9 Å². The smallest absolute Gasteiger partial charge is 0.172 e. The van der Waals surface area contributed by atoms with Gasteiger partial charge in [0.25, 0.3) is 0 Å². The lowest BCUT2D eigenvalue weighted by Gasteiger charge is -2.38. The highest BCUT2D eigenvalue weighted by Gasteiger charge is 2.34. The van der Waals surface area contributed by atoms with Crippen molar-refractivity contribution in [3.05, 3.63) is 56.7 Å². The molecule has 0 amide bonds. The number of benzene rings is 1. The fourth-order valence-electron chi connectivity index (χ4n) is 3.18. The Balaban J connectivity index is 1.71. The van der Waals surface area contributed by atoms with Crippen LogP contribution in [0.15, 0.2) is 30.5 Å². The number of nitrogens with zero attached hydrogens (tertiary/aromatic N) is 1. The molecule has 1 fully saturated rings. The Morgan fingerprint density at radius 2 is 1.85 bits per heavy atom. The number of halogens is 3. The van der Waals surface area contributed by atoms with E-state index in [1.165, 1.54) is 5.56 Å². The van der Waals surface area contributed by atoms with Gasteiger partial charge in [-0.2, -0.15) is 0 Å². The van der Waals surface area contributed by atoms with Crippen molar-refractivity contribution >= 4 is 58.0 Å². The number of pyridine rings is 1. The molecule has 0 spiro atoms. The number of rotatable bonds is 4. The van der Waals surface area contributed by atoms with Gasteiger partial charge in [-0.1, -0.05) is 46.9 Å². The maximum absolute atomic E-state index is 6.30. The molecule has 8 heteroatoms. The van der Waals surface area contributed by atoms with Crippen LogP contribution in [0.4, 0.5) is 5.82 Å². The van der Waals surface area contributed by atoms with E-state index in [0.717, 1.165) is 23.4 Å². The quantitative estimate of drug-likeness (QED) is 0.619. The molecule has 1 aromatic carbocycles. The molecular weight excluding hydrogens is 425 g/mol. The Bertz CT molecular complexity index is 824. The first-order chi connectivity index (χ1) is 12.9. The minimum absolute atomic E-state index is 0.0677. The second-order valence-electron chi connectivity index (χ2n) is 6.60. The van der Waals surface area contributed by atoms with Crippen LogP contribution >= 0.6 is 47.0 Å². The maximum Gasteiger partial charge on any atom is 0.172 e. The van der Waals surface area contributed by atoms with Crippen LogP contribution in [0.3, 0.4) is 0 Å². The lowest BCUT2D eigenvalue weighted by atomic mass is 9.74. The predicted octanol–water partition coefficient (Wildman–Crippen LogP) is 5.39. The lowest BCUT2D eigenvalue weighted by molar-refractivity contribution is 0.0515. The van der Waals surface area contributed by atoms with Crippen molar-refractivity contribution in [3.8, 4) is 0 Å². The molecule has 27 heavy (non-hydrogen) atoms. The zero-order valence-corrected chi connectivity index (χ0v) is 17.9. The van der Waals surface area contributed by atoms with Crippen LogP contribution < -0.4 is 10.6 Å². The van der Waals surface area contributed by atoms with Gasteiger partial charge in [0.05, 0.1) is 10.0 Å². The van der Waals surface area contributed by atoms with Gasteiger partial charge < -0.3 is 15.4 Å². The van der Waals surface area contributed by atoms with Gasteiger partial charge in [-0.05, 0) is 55.2 Å². The van der Waals surface area contributed by atoms with Gasteiger partial charge in [0, 0.05) is 36.4 Å². The second kappa shape index (κ2) is 8.93. The van der Waals surface area contributed by atoms with E-state index in [-0.39, 0.29) is 5.41 Å². The summed E-state index contributed by atoms with van der Waals surface area (Å²) in [4.78, 5) is 4.22. The van der Waals surface area contributed by atoms with Crippen molar-refractivity contribution in [2.45, 2.75) is 25.2 Å². The lowest BCUT2D eigenvalue weighted by Crippen LogP contribution is -2.45. The van der Waals surface area contributed by atoms with E-state index in [9.17, 15) is 0 Å². The number of hydrogen-bond donors (Lipinski definition) is 2. The minimum Gasteiger partial charge on any atom is -0.381 e. The first-order valence-corrected chi connectivity index (χ1v) is 10.1. The highest BCUT2D eigenvalue weighted by molar-refractivity contribution is 7.80. The minimum atomic E-state index is -0.0677. The van der Waals surface area contributed by atoms with Crippen LogP contribution in [-0.2, 0) is 10.2 Å². The average molecular weight is 445 g/mol. The standard InChI is InChI=1S/C19H20Cl3N3OS/c1-12-15(21)10-23-17(16(12)22)25-18(27)24-11-19(6-8-26-9-7-19)13-2-4-14(20)5-3-13/h2-5,10H,6-9,11H2,1H3,(H2,23,24,25,27). The van der Waals surface area contributed by atoms with Crippen molar-refractivity contribution in [2.24, 2.45) is 0 Å². The molecule has 2 N–H and O–H groups in total. The van der Waals surface area contributed by atoms with Gasteiger partial charge in [-0.25, -0.2) is 4.98 Å². The van der Waals surface area contributed by atoms with Gasteiger partial charge in [-0.3, -0.25) is 0 Å². The molecule has 0 bridgehead atoms. The molecule has 2 heterocycles. The molecule has 1 saturated heterocycles. The molecule has 0 radical (unpaired) electrons. The van der Waals surface area contributed by atoms with E-state index >= 15 is 0 Å². The second-order valence-corrected chi connectivity index (χ2v) is 8.23. The zero-order chi connectivity index (χ0) is 19.4. The predicted molar refractivity (Wildman–Crippen MR) is 116 cm³/mol. The molecule has 0 unspecified atom stereocenters. The molecule has 4 nitrogen and oxygen atoms in total. The summed E-state index contributed by atoms with van der Waals surface area (Å²) >= 11 is 23.8. The first kappa shape index (κ1) is 20.6. The first-order valence-electron chi connectivity index (χ1n) is 8.60. The van der Waals surface area contributed by atoms with E-state index in [1.807, 2.05) is 19.1 Å². The summed E-state index contributed by atoms with van der Waals surface area (Å²) in [7, 11) is 0. The highest BCUT2D eigenvalue weighted by atomic mass is 35.5. The molecule has 0 atom stereocenters. The maximum atomic E-state index is 6.30. The SMILES string of the molecule is Cc1c(Cl)cnc(NC(=S)NCC2(c3ccc(Cl)cc3)CCOCC2)c1Cl. The van der Waals surface area contributed by atoms with Gasteiger partial charge in [0.15, 0.2) is 10.9 Å². The van der Waals surface area contributed by atoms with Crippen LogP contribution in [0.25, 0.3) is 0 Å². The molecule has 1 aliphatic rings. The van der Waals surface area contributed by atoms with Gasteiger partial charge in [0.1, 0.15) is 0 Å². The molecule has 1 aromatic heterocycles. The van der Waals surface area contributed by atoms with Crippen LogP contribution in [0.1, 0.15) is 24.0 Å². The number of hydrogen-bond acceptors (Lipinski definition) is 3. The molecular formula is C19H20Cl3N3OS. The number of thiocarbonyl (C=S) groups is 1. The zero-order valence-electron chi connectivity index (χ0n) is 14.8. The van der Waals surface area contributed by atoms with Gasteiger partial charge in [-0.15, -0.1) is 0 Å². The van der Waals surface area contributed by atoms with E-state index in [2.05, 4.69) is 27.8 Å². The van der Waals surface area contributed by atoms with Crippen molar-refractivity contribution in [2.75, 3.05) is 25.1 Å². The summed E-state index contributed by atoms with van der Waals surface area (Å²) in [5, 5.41) is 8.55. The molecule has 144 valence electrons. The van der Waals surface area contributed by atoms with Crippen LogP contribution in [0.5, 0.6) is 0 Å². The Labute approximate surface area is 179 Å². The fraction of sp³-hybridized carbons (Fsp3) is 0.368. The number of nitrogens with one attached hydrogen (secondary N) is 2.